The Morgan fingerprint density at radius 2 is 1.81 bits per heavy atom. The van der Waals surface area contributed by atoms with Crippen LogP contribution in [0, 0.1) is 11.6 Å². The summed E-state index contributed by atoms with van der Waals surface area (Å²) in [6, 6.07) is 8.60. The Hall–Kier alpha value is -3.79. The number of anilines is 3. The molecule has 0 spiro atoms. The Balaban J connectivity index is 1.68. The minimum Gasteiger partial charge on any atom is -0.451 e. The number of nitrogens with zero attached hydrogens (tertiary/aromatic N) is 1. The van der Waals surface area contributed by atoms with Gasteiger partial charge < -0.3 is 25.7 Å². The van der Waals surface area contributed by atoms with Crippen molar-refractivity contribution >= 4 is 28.9 Å². The molecule has 3 rings (SSSR count). The second-order valence-corrected chi connectivity index (χ2v) is 6.53. The molecule has 0 bridgehead atoms. The van der Waals surface area contributed by atoms with Gasteiger partial charge in [-0.25, -0.2) is 13.8 Å². The first-order chi connectivity index (χ1) is 15.0. The summed E-state index contributed by atoms with van der Waals surface area (Å²) >= 11 is 0. The van der Waals surface area contributed by atoms with Gasteiger partial charge in [0.25, 0.3) is 11.8 Å². The highest BCUT2D eigenvalue weighted by Crippen LogP contribution is 2.28. The molecule has 2 aromatic carbocycles. The van der Waals surface area contributed by atoms with E-state index in [-0.39, 0.29) is 17.3 Å². The molecule has 0 unspecified atom stereocenters. The normalized spacial score (nSPS) is 10.5. The molecule has 0 fully saturated rings. The molecule has 3 aromatic rings. The van der Waals surface area contributed by atoms with Gasteiger partial charge in [0.05, 0.1) is 5.69 Å². The van der Waals surface area contributed by atoms with E-state index in [4.69, 9.17) is 4.42 Å². The summed E-state index contributed by atoms with van der Waals surface area (Å²) in [4.78, 5) is 27.8. The van der Waals surface area contributed by atoms with Crippen LogP contribution in [0.25, 0.3) is 0 Å². The zero-order valence-corrected chi connectivity index (χ0v) is 16.7. The fourth-order valence-corrected chi connectivity index (χ4v) is 2.70. The highest BCUT2D eigenvalue weighted by molar-refractivity contribution is 6.03. The van der Waals surface area contributed by atoms with Gasteiger partial charge >= 0.3 is 0 Å². The zero-order chi connectivity index (χ0) is 22.2. The summed E-state index contributed by atoms with van der Waals surface area (Å²) in [5.41, 5.74) is 0.148. The third-order valence-electron chi connectivity index (χ3n) is 4.31. The lowest BCUT2D eigenvalue weighted by molar-refractivity contribution is 0.0952. The summed E-state index contributed by atoms with van der Waals surface area (Å²) < 4.78 is 33.6. The Bertz CT molecular complexity index is 1040. The van der Waals surface area contributed by atoms with Crippen LogP contribution in [-0.4, -0.2) is 36.9 Å². The number of hydrogen-bond donors (Lipinski definition) is 4. The average Bonchev–Trinajstić information content (AvgIpc) is 3.31. The maximum atomic E-state index is 14.8. The third kappa shape index (κ3) is 5.64. The van der Waals surface area contributed by atoms with Gasteiger partial charge in [0.2, 0.25) is 0 Å². The molecular formula is C21H21F2N5O3. The number of oxazole rings is 1. The van der Waals surface area contributed by atoms with Crippen molar-refractivity contribution in [2.24, 2.45) is 0 Å². The summed E-state index contributed by atoms with van der Waals surface area (Å²) in [5.74, 6) is -2.95. The highest BCUT2D eigenvalue weighted by atomic mass is 19.1. The van der Waals surface area contributed by atoms with Crippen molar-refractivity contribution in [3.05, 3.63) is 71.9 Å². The standard InChI is InChI=1S/C21H21F2N5O3/c1-24-9-2-10-25-20(29)13-3-5-14(6-4-13)27-16-8-7-15(22)19(18(16)23)28-21(30)17-11-31-12-26-17/h3-8,11-12,24,27H,2,9-10H2,1H3,(H,25,29)(H,28,30). The number of carbonyl (C=O) groups excluding carboxylic acids is 2. The van der Waals surface area contributed by atoms with Crippen LogP contribution in [0.15, 0.2) is 53.5 Å². The van der Waals surface area contributed by atoms with Crippen molar-refractivity contribution in [1.29, 1.82) is 0 Å². The Kier molecular flexibility index (Phi) is 7.28. The van der Waals surface area contributed by atoms with Crippen molar-refractivity contribution in [3.63, 3.8) is 0 Å². The van der Waals surface area contributed by atoms with Crippen molar-refractivity contribution in [2.75, 3.05) is 30.8 Å². The number of carbonyl (C=O) groups is 2. The number of amides is 2. The lowest BCUT2D eigenvalue weighted by Crippen LogP contribution is -2.26. The van der Waals surface area contributed by atoms with Crippen molar-refractivity contribution in [2.45, 2.75) is 6.42 Å². The minimum atomic E-state index is -0.983. The van der Waals surface area contributed by atoms with Crippen molar-refractivity contribution in [3.8, 4) is 0 Å². The zero-order valence-electron chi connectivity index (χ0n) is 16.7. The van der Waals surface area contributed by atoms with E-state index < -0.39 is 23.2 Å². The fourth-order valence-electron chi connectivity index (χ4n) is 2.70. The molecule has 0 radical (unpaired) electrons. The second kappa shape index (κ2) is 10.3. The maximum absolute atomic E-state index is 14.8. The second-order valence-electron chi connectivity index (χ2n) is 6.53. The predicted molar refractivity (Wildman–Crippen MR) is 111 cm³/mol. The third-order valence-corrected chi connectivity index (χ3v) is 4.31. The first-order valence-corrected chi connectivity index (χ1v) is 9.47. The molecule has 0 aliphatic carbocycles. The Labute approximate surface area is 177 Å². The van der Waals surface area contributed by atoms with Crippen LogP contribution in [0.4, 0.5) is 25.8 Å². The van der Waals surface area contributed by atoms with Crippen LogP contribution in [0.5, 0.6) is 0 Å². The Morgan fingerprint density at radius 3 is 2.48 bits per heavy atom. The van der Waals surface area contributed by atoms with Crippen LogP contribution in [0.3, 0.4) is 0 Å². The molecule has 162 valence electrons. The van der Waals surface area contributed by atoms with E-state index in [9.17, 15) is 18.4 Å². The number of halogens is 2. The molecule has 0 atom stereocenters. The van der Waals surface area contributed by atoms with Gasteiger partial charge in [0.1, 0.15) is 17.8 Å². The van der Waals surface area contributed by atoms with E-state index in [2.05, 4.69) is 26.3 Å². The molecule has 2 amide bonds. The number of rotatable bonds is 9. The van der Waals surface area contributed by atoms with Crippen LogP contribution in [0.2, 0.25) is 0 Å². The lowest BCUT2D eigenvalue weighted by atomic mass is 10.1. The van der Waals surface area contributed by atoms with E-state index in [0.717, 1.165) is 31.7 Å². The van der Waals surface area contributed by atoms with Crippen LogP contribution < -0.4 is 21.3 Å². The fraction of sp³-hybridized carbons (Fsp3) is 0.190. The van der Waals surface area contributed by atoms with Gasteiger partial charge in [-0.2, -0.15) is 0 Å². The number of nitrogens with one attached hydrogen (secondary N) is 4. The summed E-state index contributed by atoms with van der Waals surface area (Å²) in [6.45, 7) is 1.34. The van der Waals surface area contributed by atoms with E-state index in [1.54, 1.807) is 24.3 Å². The molecular weight excluding hydrogens is 408 g/mol. The first kappa shape index (κ1) is 21.9. The number of hydrogen-bond acceptors (Lipinski definition) is 6. The summed E-state index contributed by atoms with van der Waals surface area (Å²) in [7, 11) is 1.84. The predicted octanol–water partition coefficient (Wildman–Crippen LogP) is 3.29. The van der Waals surface area contributed by atoms with Crippen LogP contribution in [-0.2, 0) is 0 Å². The molecule has 8 nitrogen and oxygen atoms in total. The molecule has 4 N–H and O–H groups in total. The monoisotopic (exact) mass is 429 g/mol. The smallest absolute Gasteiger partial charge is 0.277 e. The van der Waals surface area contributed by atoms with Gasteiger partial charge in [0, 0.05) is 17.8 Å². The minimum absolute atomic E-state index is 0.0545. The molecule has 10 heteroatoms. The van der Waals surface area contributed by atoms with E-state index >= 15 is 0 Å². The van der Waals surface area contributed by atoms with Crippen molar-refractivity contribution in [1.82, 2.24) is 15.6 Å². The van der Waals surface area contributed by atoms with Gasteiger partial charge in [-0.3, -0.25) is 9.59 Å². The average molecular weight is 429 g/mol. The molecule has 0 aliphatic heterocycles. The van der Waals surface area contributed by atoms with Gasteiger partial charge in [0.15, 0.2) is 17.9 Å². The van der Waals surface area contributed by atoms with Crippen LogP contribution >= 0.6 is 0 Å². The molecule has 31 heavy (non-hydrogen) atoms. The largest absolute Gasteiger partial charge is 0.451 e. The highest BCUT2D eigenvalue weighted by Gasteiger charge is 2.18. The van der Waals surface area contributed by atoms with E-state index in [1.807, 2.05) is 7.05 Å². The first-order valence-electron chi connectivity index (χ1n) is 9.47. The number of benzene rings is 2. The maximum Gasteiger partial charge on any atom is 0.277 e. The lowest BCUT2D eigenvalue weighted by Gasteiger charge is -2.13. The topological polar surface area (TPSA) is 108 Å². The SMILES string of the molecule is CNCCCNC(=O)c1ccc(Nc2ccc(F)c(NC(=O)c3cocn3)c2F)cc1. The van der Waals surface area contributed by atoms with Gasteiger partial charge in [-0.05, 0) is 56.4 Å². The van der Waals surface area contributed by atoms with Crippen molar-refractivity contribution < 1.29 is 22.8 Å². The molecule has 1 aromatic heterocycles. The van der Waals surface area contributed by atoms with Gasteiger partial charge in [-0.15, -0.1) is 0 Å². The van der Waals surface area contributed by atoms with E-state index in [0.29, 0.717) is 17.8 Å². The molecule has 0 aliphatic rings. The summed E-state index contributed by atoms with van der Waals surface area (Å²) in [6.07, 6.45) is 2.90. The van der Waals surface area contributed by atoms with Gasteiger partial charge in [-0.1, -0.05) is 0 Å². The number of aromatic nitrogens is 1. The Morgan fingerprint density at radius 1 is 1.03 bits per heavy atom. The van der Waals surface area contributed by atoms with E-state index in [1.165, 1.54) is 6.07 Å². The summed E-state index contributed by atoms with van der Waals surface area (Å²) in [5, 5.41) is 10.8. The quantitative estimate of drug-likeness (QED) is 0.389. The molecule has 0 saturated heterocycles. The van der Waals surface area contributed by atoms with Crippen LogP contribution in [0.1, 0.15) is 27.3 Å². The molecule has 0 saturated carbocycles. The molecule has 1 heterocycles.